The highest BCUT2D eigenvalue weighted by atomic mass is 16.5. The Morgan fingerprint density at radius 1 is 0.833 bits per heavy atom. The number of hydrogen-bond acceptors (Lipinski definition) is 6. The number of aryl methyl sites for hydroxylation is 2. The molecular weight excluding hydrogens is 384 g/mol. The van der Waals surface area contributed by atoms with Gasteiger partial charge >= 0.3 is 11.9 Å². The molecule has 0 bridgehead atoms. The summed E-state index contributed by atoms with van der Waals surface area (Å²) in [6.45, 7) is 2.42. The third-order valence-electron chi connectivity index (χ3n) is 4.84. The number of benzene rings is 2. The van der Waals surface area contributed by atoms with E-state index >= 15 is 0 Å². The monoisotopic (exact) mass is 414 g/mol. The standard InChI is InChI=1S/C24H30O6/c1-4-30-22-14-12-18(8-6-10-24(27)29-3)16-20(22)19-15-17(11-13-21(19)25)7-5-9-23(26)28-2/h11-16,25H,4-10H2,1-3H3. The highest BCUT2D eigenvalue weighted by Crippen LogP contribution is 2.37. The Balaban J connectivity index is 2.25. The Labute approximate surface area is 177 Å². The first-order valence-electron chi connectivity index (χ1n) is 10.2. The van der Waals surface area contributed by atoms with Gasteiger partial charge in [0.2, 0.25) is 0 Å². The second-order valence-corrected chi connectivity index (χ2v) is 6.97. The van der Waals surface area contributed by atoms with Crippen LogP contribution in [0.25, 0.3) is 11.1 Å². The minimum Gasteiger partial charge on any atom is -0.507 e. The van der Waals surface area contributed by atoms with Crippen molar-refractivity contribution in [2.24, 2.45) is 0 Å². The van der Waals surface area contributed by atoms with Crippen LogP contribution >= 0.6 is 0 Å². The molecule has 0 saturated heterocycles. The SMILES string of the molecule is CCOc1ccc(CCCC(=O)OC)cc1-c1cc(CCCC(=O)OC)ccc1O. The van der Waals surface area contributed by atoms with Crippen LogP contribution in [-0.2, 0) is 31.9 Å². The van der Waals surface area contributed by atoms with Crippen LogP contribution in [-0.4, -0.2) is 37.9 Å². The number of aromatic hydroxyl groups is 1. The van der Waals surface area contributed by atoms with Crippen molar-refractivity contribution in [2.45, 2.75) is 45.4 Å². The second kappa shape index (κ2) is 11.9. The summed E-state index contributed by atoms with van der Waals surface area (Å²) in [4.78, 5) is 22.7. The molecule has 0 fully saturated rings. The largest absolute Gasteiger partial charge is 0.507 e. The lowest BCUT2D eigenvalue weighted by atomic mass is 9.96. The number of hydrogen-bond donors (Lipinski definition) is 1. The molecule has 0 saturated carbocycles. The summed E-state index contributed by atoms with van der Waals surface area (Å²) < 4.78 is 15.2. The number of ether oxygens (including phenoxy) is 3. The van der Waals surface area contributed by atoms with Crippen molar-refractivity contribution in [1.82, 2.24) is 0 Å². The molecule has 0 radical (unpaired) electrons. The highest BCUT2D eigenvalue weighted by molar-refractivity contribution is 5.77. The molecule has 0 aliphatic carbocycles. The fraction of sp³-hybridized carbons (Fsp3) is 0.417. The van der Waals surface area contributed by atoms with Crippen LogP contribution in [0.1, 0.15) is 43.7 Å². The molecule has 0 amide bonds. The highest BCUT2D eigenvalue weighted by Gasteiger charge is 2.13. The molecule has 0 aromatic heterocycles. The lowest BCUT2D eigenvalue weighted by Crippen LogP contribution is -2.01. The van der Waals surface area contributed by atoms with Crippen molar-refractivity contribution in [2.75, 3.05) is 20.8 Å². The van der Waals surface area contributed by atoms with Gasteiger partial charge in [-0.15, -0.1) is 0 Å². The lowest BCUT2D eigenvalue weighted by molar-refractivity contribution is -0.141. The van der Waals surface area contributed by atoms with Gasteiger partial charge in [0, 0.05) is 24.0 Å². The Bertz CT molecular complexity index is 859. The molecule has 0 unspecified atom stereocenters. The molecule has 30 heavy (non-hydrogen) atoms. The van der Waals surface area contributed by atoms with E-state index in [0.717, 1.165) is 16.7 Å². The molecule has 2 aromatic rings. The maximum atomic E-state index is 11.4. The Morgan fingerprint density at radius 2 is 1.37 bits per heavy atom. The number of phenols is 1. The van der Waals surface area contributed by atoms with E-state index in [2.05, 4.69) is 4.74 Å². The molecule has 0 aliphatic heterocycles. The number of carbonyl (C=O) groups excluding carboxylic acids is 2. The van der Waals surface area contributed by atoms with E-state index in [1.54, 1.807) is 6.07 Å². The molecular formula is C24H30O6. The summed E-state index contributed by atoms with van der Waals surface area (Å²) in [6, 6.07) is 11.3. The minimum absolute atomic E-state index is 0.166. The third kappa shape index (κ3) is 6.79. The van der Waals surface area contributed by atoms with E-state index in [-0.39, 0.29) is 17.7 Å². The van der Waals surface area contributed by atoms with Gasteiger partial charge in [0.25, 0.3) is 0 Å². The zero-order chi connectivity index (χ0) is 21.9. The van der Waals surface area contributed by atoms with Gasteiger partial charge < -0.3 is 19.3 Å². The zero-order valence-corrected chi connectivity index (χ0v) is 17.9. The van der Waals surface area contributed by atoms with Crippen molar-refractivity contribution < 1.29 is 28.9 Å². The summed E-state index contributed by atoms with van der Waals surface area (Å²) >= 11 is 0. The fourth-order valence-electron chi connectivity index (χ4n) is 3.26. The van der Waals surface area contributed by atoms with Crippen molar-refractivity contribution in [3.8, 4) is 22.6 Å². The van der Waals surface area contributed by atoms with Crippen LogP contribution in [0.2, 0.25) is 0 Å². The summed E-state index contributed by atoms with van der Waals surface area (Å²) in [7, 11) is 2.77. The molecule has 2 rings (SSSR count). The summed E-state index contributed by atoms with van der Waals surface area (Å²) in [5.74, 6) is 0.404. The topological polar surface area (TPSA) is 82.1 Å². The fourth-order valence-corrected chi connectivity index (χ4v) is 3.26. The molecule has 6 heteroatoms. The maximum Gasteiger partial charge on any atom is 0.305 e. The van der Waals surface area contributed by atoms with Crippen molar-refractivity contribution in [3.05, 3.63) is 47.5 Å². The predicted octanol–water partition coefficient (Wildman–Crippen LogP) is 4.45. The maximum absolute atomic E-state index is 11.4. The summed E-state index contributed by atoms with van der Waals surface area (Å²) in [5.41, 5.74) is 3.56. The van der Waals surface area contributed by atoms with Crippen LogP contribution < -0.4 is 4.74 Å². The van der Waals surface area contributed by atoms with Gasteiger partial charge in [-0.2, -0.15) is 0 Å². The summed E-state index contributed by atoms with van der Waals surface area (Å²) in [5, 5.41) is 10.5. The normalized spacial score (nSPS) is 10.5. The molecule has 0 spiro atoms. The molecule has 6 nitrogen and oxygen atoms in total. The molecule has 0 aliphatic rings. The van der Waals surface area contributed by atoms with Crippen molar-refractivity contribution in [1.29, 1.82) is 0 Å². The van der Waals surface area contributed by atoms with Crippen LogP contribution in [0.15, 0.2) is 36.4 Å². The Hall–Kier alpha value is -3.02. The van der Waals surface area contributed by atoms with Crippen LogP contribution in [0.5, 0.6) is 11.5 Å². The van der Waals surface area contributed by atoms with Crippen molar-refractivity contribution >= 4 is 11.9 Å². The zero-order valence-electron chi connectivity index (χ0n) is 17.9. The first-order chi connectivity index (χ1) is 14.5. The molecule has 1 N–H and O–H groups in total. The average Bonchev–Trinajstić information content (AvgIpc) is 2.75. The lowest BCUT2D eigenvalue weighted by Gasteiger charge is -2.15. The van der Waals surface area contributed by atoms with E-state index in [4.69, 9.17) is 9.47 Å². The molecule has 0 heterocycles. The average molecular weight is 414 g/mol. The number of rotatable bonds is 11. The van der Waals surface area contributed by atoms with Gasteiger partial charge in [0.15, 0.2) is 0 Å². The van der Waals surface area contributed by atoms with Gasteiger partial charge in [-0.1, -0.05) is 12.1 Å². The number of esters is 2. The van der Waals surface area contributed by atoms with Gasteiger partial charge in [-0.25, -0.2) is 0 Å². The van der Waals surface area contributed by atoms with Crippen LogP contribution in [0, 0.1) is 0 Å². The molecule has 162 valence electrons. The van der Waals surface area contributed by atoms with Crippen LogP contribution in [0.3, 0.4) is 0 Å². The van der Waals surface area contributed by atoms with E-state index in [0.29, 0.717) is 56.4 Å². The molecule has 0 atom stereocenters. The number of phenolic OH excluding ortho intramolecular Hbond substituents is 1. The Morgan fingerprint density at radius 3 is 1.90 bits per heavy atom. The van der Waals surface area contributed by atoms with Crippen molar-refractivity contribution in [3.63, 3.8) is 0 Å². The Kier molecular flexibility index (Phi) is 9.19. The quantitative estimate of drug-likeness (QED) is 0.547. The second-order valence-electron chi connectivity index (χ2n) is 6.97. The third-order valence-corrected chi connectivity index (χ3v) is 4.84. The van der Waals surface area contributed by atoms with Gasteiger partial charge in [-0.05, 0) is 68.0 Å². The van der Waals surface area contributed by atoms with E-state index in [9.17, 15) is 14.7 Å². The van der Waals surface area contributed by atoms with Crippen LogP contribution in [0.4, 0.5) is 0 Å². The smallest absolute Gasteiger partial charge is 0.305 e. The number of carbonyl (C=O) groups is 2. The molecule has 2 aromatic carbocycles. The minimum atomic E-state index is -0.229. The van der Waals surface area contributed by atoms with Gasteiger partial charge in [0.1, 0.15) is 11.5 Å². The van der Waals surface area contributed by atoms with E-state index < -0.39 is 0 Å². The predicted molar refractivity (Wildman–Crippen MR) is 115 cm³/mol. The van der Waals surface area contributed by atoms with Gasteiger partial charge in [0.05, 0.1) is 20.8 Å². The van der Waals surface area contributed by atoms with Gasteiger partial charge in [-0.3, -0.25) is 9.59 Å². The number of methoxy groups -OCH3 is 2. The first kappa shape index (κ1) is 23.3. The van der Waals surface area contributed by atoms with E-state index in [1.807, 2.05) is 37.3 Å². The first-order valence-corrected chi connectivity index (χ1v) is 10.2. The summed E-state index contributed by atoms with van der Waals surface area (Å²) in [6.07, 6.45) is 3.48. The van der Waals surface area contributed by atoms with E-state index in [1.165, 1.54) is 14.2 Å².